The maximum atomic E-state index is 9.32. The molecule has 0 unspecified atom stereocenters. The van der Waals surface area contributed by atoms with Crippen molar-refractivity contribution in [2.75, 3.05) is 25.1 Å². The summed E-state index contributed by atoms with van der Waals surface area (Å²) in [6.07, 6.45) is 9.88. The smallest absolute Gasteiger partial charge is 0.167 e. The largest absolute Gasteiger partial charge is 0.396 e. The van der Waals surface area contributed by atoms with E-state index in [2.05, 4.69) is 224 Å². The van der Waals surface area contributed by atoms with Crippen molar-refractivity contribution in [2.45, 2.75) is 99.1 Å². The lowest BCUT2D eigenvalue weighted by Crippen LogP contribution is -2.46. The summed E-state index contributed by atoms with van der Waals surface area (Å²) in [5.41, 5.74) is 6.80. The SMILES string of the molecule is OCCCCCCCCCCCO[C@H]1[C@@H](OC(c2ccccc2)(c2ccccc2)c2ccccc2)[C@H](n2cnc3c(NC(c4ccccc4)(c4ccccc4)c4ccccc4)ncnc32)O[C@@H]1COC(c1ccccc1)(c1ccccc1)c1ccccc1. The number of ether oxygens (including phenoxy) is 4. The normalized spacial score (nSPS) is 16.2. The third-order valence-electron chi connectivity index (χ3n) is 17.3. The molecule has 0 aliphatic carbocycles. The number of hydrogen-bond acceptors (Lipinski definition) is 9. The summed E-state index contributed by atoms with van der Waals surface area (Å²) in [4.78, 5) is 15.4. The van der Waals surface area contributed by atoms with Gasteiger partial charge >= 0.3 is 0 Å². The minimum atomic E-state index is -1.19. The van der Waals surface area contributed by atoms with E-state index in [0.717, 1.165) is 95.0 Å². The van der Waals surface area contributed by atoms with Gasteiger partial charge in [0.15, 0.2) is 23.2 Å². The highest BCUT2D eigenvalue weighted by Gasteiger charge is 2.54. The predicted octanol–water partition coefficient (Wildman–Crippen LogP) is 16.4. The van der Waals surface area contributed by atoms with Gasteiger partial charge < -0.3 is 29.4 Å². The van der Waals surface area contributed by atoms with Crippen LogP contribution in [-0.2, 0) is 35.7 Å². The van der Waals surface area contributed by atoms with Gasteiger partial charge in [-0.05, 0) is 62.9 Å². The van der Waals surface area contributed by atoms with E-state index < -0.39 is 41.3 Å². The Morgan fingerprint density at radius 2 is 0.773 bits per heavy atom. The van der Waals surface area contributed by atoms with Crippen LogP contribution in [0.3, 0.4) is 0 Å². The molecular weight excluding hydrogens is 1090 g/mol. The van der Waals surface area contributed by atoms with E-state index in [1.165, 1.54) is 12.8 Å². The first-order chi connectivity index (χ1) is 43.6. The topological polar surface area (TPSA) is 113 Å². The molecule has 0 bridgehead atoms. The van der Waals surface area contributed by atoms with Crippen LogP contribution in [0.25, 0.3) is 11.2 Å². The zero-order valence-corrected chi connectivity index (χ0v) is 49.8. The third kappa shape index (κ3) is 12.5. The number of benzene rings is 9. The van der Waals surface area contributed by atoms with Crippen LogP contribution in [0.4, 0.5) is 5.82 Å². The molecule has 88 heavy (non-hydrogen) atoms. The Balaban J connectivity index is 1.01. The fraction of sp³-hybridized carbons (Fsp3) is 0.244. The van der Waals surface area contributed by atoms with Crippen LogP contribution in [0.5, 0.6) is 0 Å². The molecule has 1 aliphatic rings. The van der Waals surface area contributed by atoms with E-state index >= 15 is 0 Å². The Kier molecular flexibility index (Phi) is 19.4. The molecule has 1 fully saturated rings. The van der Waals surface area contributed by atoms with Gasteiger partial charge in [-0.2, -0.15) is 0 Å². The predicted molar refractivity (Wildman–Crippen MR) is 350 cm³/mol. The van der Waals surface area contributed by atoms with E-state index in [1.807, 2.05) is 65.5 Å². The summed E-state index contributed by atoms with van der Waals surface area (Å²) in [5, 5.41) is 13.3. The van der Waals surface area contributed by atoms with Gasteiger partial charge in [-0.3, -0.25) is 4.57 Å². The van der Waals surface area contributed by atoms with E-state index in [4.69, 9.17) is 33.9 Å². The molecule has 1 aliphatic heterocycles. The molecule has 12 rings (SSSR count). The fourth-order valence-electron chi connectivity index (χ4n) is 13.1. The molecule has 2 aromatic heterocycles. The minimum Gasteiger partial charge on any atom is -0.396 e. The van der Waals surface area contributed by atoms with Crippen molar-refractivity contribution < 1.29 is 24.1 Å². The number of aliphatic hydroxyl groups excluding tert-OH is 1. The van der Waals surface area contributed by atoms with Crippen molar-refractivity contribution >= 4 is 17.0 Å². The molecule has 0 radical (unpaired) electrons. The highest BCUT2D eigenvalue weighted by atomic mass is 16.6. The van der Waals surface area contributed by atoms with Gasteiger partial charge in [0.2, 0.25) is 0 Å². The van der Waals surface area contributed by atoms with Crippen molar-refractivity contribution in [3.05, 3.63) is 336 Å². The lowest BCUT2D eigenvalue weighted by Gasteiger charge is -2.40. The molecule has 3 heterocycles. The molecule has 2 N–H and O–H groups in total. The van der Waals surface area contributed by atoms with Gasteiger partial charge in [0.1, 0.15) is 41.4 Å². The van der Waals surface area contributed by atoms with Gasteiger partial charge in [-0.15, -0.1) is 0 Å². The van der Waals surface area contributed by atoms with Gasteiger partial charge in [-0.1, -0.05) is 318 Å². The highest BCUT2D eigenvalue weighted by molar-refractivity contribution is 5.84. The van der Waals surface area contributed by atoms with E-state index in [9.17, 15) is 5.11 Å². The number of unbranched alkanes of at least 4 members (excludes halogenated alkanes) is 8. The lowest BCUT2D eigenvalue weighted by molar-refractivity contribution is -0.132. The average molecular weight is 1160 g/mol. The zero-order valence-electron chi connectivity index (χ0n) is 49.8. The van der Waals surface area contributed by atoms with Crippen LogP contribution < -0.4 is 5.32 Å². The molecule has 10 heteroatoms. The lowest BCUT2D eigenvalue weighted by atomic mass is 9.77. The summed E-state index contributed by atoms with van der Waals surface area (Å²) in [6, 6.07) is 94.5. The monoisotopic (exact) mass is 1160 g/mol. The molecule has 9 aromatic carbocycles. The second-order valence-corrected chi connectivity index (χ2v) is 22.8. The zero-order chi connectivity index (χ0) is 59.7. The van der Waals surface area contributed by atoms with Crippen molar-refractivity contribution in [1.82, 2.24) is 19.5 Å². The first kappa shape index (κ1) is 59.5. The molecule has 10 nitrogen and oxygen atoms in total. The Bertz CT molecular complexity index is 3540. The van der Waals surface area contributed by atoms with Crippen LogP contribution in [0.15, 0.2) is 286 Å². The molecule has 0 spiro atoms. The number of nitrogens with zero attached hydrogens (tertiary/aromatic N) is 4. The second-order valence-electron chi connectivity index (χ2n) is 22.8. The van der Waals surface area contributed by atoms with Gasteiger partial charge in [0.05, 0.1) is 12.9 Å². The maximum absolute atomic E-state index is 9.32. The number of anilines is 1. The number of nitrogens with one attached hydrogen (secondary N) is 1. The third-order valence-corrected chi connectivity index (χ3v) is 17.3. The van der Waals surface area contributed by atoms with Crippen LogP contribution >= 0.6 is 0 Å². The van der Waals surface area contributed by atoms with E-state index in [-0.39, 0.29) is 13.2 Å². The van der Waals surface area contributed by atoms with E-state index in [0.29, 0.717) is 23.6 Å². The van der Waals surface area contributed by atoms with Crippen LogP contribution in [-0.4, -0.2) is 62.8 Å². The van der Waals surface area contributed by atoms with Gasteiger partial charge in [0.25, 0.3) is 0 Å². The maximum Gasteiger partial charge on any atom is 0.167 e. The first-order valence-corrected chi connectivity index (χ1v) is 31.3. The molecule has 1 saturated heterocycles. The highest BCUT2D eigenvalue weighted by Crippen LogP contribution is 2.49. The van der Waals surface area contributed by atoms with Gasteiger partial charge in [0, 0.05) is 13.2 Å². The summed E-state index contributed by atoms with van der Waals surface area (Å²) in [5.74, 6) is 0.541. The summed E-state index contributed by atoms with van der Waals surface area (Å²) in [7, 11) is 0. The van der Waals surface area contributed by atoms with Crippen LogP contribution in [0.1, 0.15) is 114 Å². The van der Waals surface area contributed by atoms with Crippen molar-refractivity contribution in [2.24, 2.45) is 0 Å². The summed E-state index contributed by atoms with van der Waals surface area (Å²) in [6.45, 7) is 0.829. The summed E-state index contributed by atoms with van der Waals surface area (Å²) < 4.78 is 33.3. The van der Waals surface area contributed by atoms with Crippen LogP contribution in [0.2, 0.25) is 0 Å². The number of aliphatic hydroxyl groups is 1. The number of imidazole rings is 1. The molecule has 11 aromatic rings. The fourth-order valence-corrected chi connectivity index (χ4v) is 13.1. The van der Waals surface area contributed by atoms with E-state index in [1.54, 1.807) is 6.33 Å². The average Bonchev–Trinajstić information content (AvgIpc) is 1.42. The number of aromatic nitrogens is 4. The first-order valence-electron chi connectivity index (χ1n) is 31.3. The molecular formula is C78H77N5O5. The molecule has 0 amide bonds. The minimum absolute atomic E-state index is 0.104. The molecule has 444 valence electrons. The standard InChI is InChI=1S/C78H77N5O5/c84-55-35-6-4-2-1-3-5-7-36-56-85-71-69(57-86-77(63-43-23-11-24-44-63,64-45-25-12-26-46-64)65-47-27-13-28-48-65)87-75(72(71)88-78(66-49-29-14-30-50-66,67-51-31-15-32-52-67)68-53-33-16-34-54-68)83-59-81-70-73(79-58-80-74(70)83)82-76(60-37-17-8-18-38-60,61-39-19-9-20-40-61)62-41-21-10-22-42-62/h8-34,37-54,58-59,69,71-72,75,84H,1-7,35-36,55-57H2,(H,79,80,82)/t69-,71-,72-,75-/m1/s1. The Morgan fingerprint density at radius 3 is 1.17 bits per heavy atom. The Morgan fingerprint density at radius 1 is 0.409 bits per heavy atom. The van der Waals surface area contributed by atoms with Crippen molar-refractivity contribution in [3.8, 4) is 0 Å². The number of hydrogen-bond donors (Lipinski definition) is 2. The Labute approximate surface area is 517 Å². The molecule has 4 atom stereocenters. The van der Waals surface area contributed by atoms with Crippen molar-refractivity contribution in [1.29, 1.82) is 0 Å². The summed E-state index contributed by atoms with van der Waals surface area (Å²) >= 11 is 0. The van der Waals surface area contributed by atoms with Crippen molar-refractivity contribution in [3.63, 3.8) is 0 Å². The number of fused-ring (bicyclic) bond motifs is 1. The van der Waals surface area contributed by atoms with Gasteiger partial charge in [-0.25, -0.2) is 15.0 Å². The Hall–Kier alpha value is -8.87. The quantitative estimate of drug-likeness (QED) is 0.0350. The molecule has 0 saturated carbocycles. The number of rotatable bonds is 29. The van der Waals surface area contributed by atoms with Crippen LogP contribution in [0, 0.1) is 0 Å². The second kappa shape index (κ2) is 28.8.